The molecular formula is C12H8BrFN2O. The maximum atomic E-state index is 13.1. The summed E-state index contributed by atoms with van der Waals surface area (Å²) in [4.78, 5) is 16.0. The van der Waals surface area contributed by atoms with Crippen LogP contribution in [-0.2, 0) is 0 Å². The van der Waals surface area contributed by atoms with Crippen LogP contribution in [0.25, 0.3) is 0 Å². The van der Waals surface area contributed by atoms with Crippen LogP contribution in [0.5, 0.6) is 0 Å². The molecule has 0 amide bonds. The molecule has 86 valence electrons. The summed E-state index contributed by atoms with van der Waals surface area (Å²) in [5.41, 5.74) is 6.49. The van der Waals surface area contributed by atoms with Crippen LogP contribution >= 0.6 is 15.9 Å². The lowest BCUT2D eigenvalue weighted by molar-refractivity contribution is 0.103. The predicted octanol–water partition coefficient (Wildman–Crippen LogP) is 2.80. The lowest BCUT2D eigenvalue weighted by Crippen LogP contribution is -2.07. The molecule has 0 bridgehead atoms. The van der Waals surface area contributed by atoms with Gasteiger partial charge in [-0.15, -0.1) is 0 Å². The van der Waals surface area contributed by atoms with Crippen LogP contribution in [0.4, 0.5) is 10.1 Å². The van der Waals surface area contributed by atoms with Crippen LogP contribution in [-0.4, -0.2) is 10.8 Å². The quantitative estimate of drug-likeness (QED) is 0.867. The van der Waals surface area contributed by atoms with Crippen molar-refractivity contribution in [1.82, 2.24) is 4.98 Å². The summed E-state index contributed by atoms with van der Waals surface area (Å²) in [5, 5.41) is 0. The van der Waals surface area contributed by atoms with Gasteiger partial charge in [0.15, 0.2) is 5.78 Å². The molecule has 1 heterocycles. The third-order valence-electron chi connectivity index (χ3n) is 2.27. The van der Waals surface area contributed by atoms with E-state index in [1.807, 2.05) is 0 Å². The normalized spacial score (nSPS) is 10.2. The molecule has 2 aromatic rings. The maximum absolute atomic E-state index is 13.1. The number of halogens is 2. The van der Waals surface area contributed by atoms with Gasteiger partial charge < -0.3 is 5.73 Å². The van der Waals surface area contributed by atoms with E-state index in [-0.39, 0.29) is 16.9 Å². The standard InChI is InChI=1S/C12H8BrFN2O/c13-10-2-1-7(14)5-8(10)12(17)9-6-16-4-3-11(9)15/h1-6H,(H2,15,16). The highest BCUT2D eigenvalue weighted by atomic mass is 79.9. The highest BCUT2D eigenvalue weighted by molar-refractivity contribution is 9.10. The minimum absolute atomic E-state index is 0.227. The summed E-state index contributed by atoms with van der Waals surface area (Å²) in [6.45, 7) is 0. The number of ketones is 1. The lowest BCUT2D eigenvalue weighted by Gasteiger charge is -2.06. The molecule has 0 spiro atoms. The van der Waals surface area contributed by atoms with E-state index in [9.17, 15) is 9.18 Å². The van der Waals surface area contributed by atoms with Crippen molar-refractivity contribution in [2.45, 2.75) is 0 Å². The second kappa shape index (κ2) is 4.63. The molecular weight excluding hydrogens is 287 g/mol. The molecule has 0 saturated heterocycles. The van der Waals surface area contributed by atoms with Crippen molar-refractivity contribution in [2.24, 2.45) is 0 Å². The molecule has 2 rings (SSSR count). The minimum atomic E-state index is -0.473. The Morgan fingerprint density at radius 2 is 2.06 bits per heavy atom. The number of aromatic nitrogens is 1. The van der Waals surface area contributed by atoms with E-state index in [4.69, 9.17) is 5.73 Å². The first-order valence-electron chi connectivity index (χ1n) is 4.79. The lowest BCUT2D eigenvalue weighted by atomic mass is 10.0. The summed E-state index contributed by atoms with van der Waals surface area (Å²) in [6, 6.07) is 5.45. The van der Waals surface area contributed by atoms with Gasteiger partial charge in [-0.3, -0.25) is 9.78 Å². The van der Waals surface area contributed by atoms with E-state index in [2.05, 4.69) is 20.9 Å². The summed E-state index contributed by atoms with van der Waals surface area (Å²) in [6.07, 6.45) is 2.86. The van der Waals surface area contributed by atoms with Crippen LogP contribution < -0.4 is 5.73 Å². The van der Waals surface area contributed by atoms with Gasteiger partial charge in [0.05, 0.1) is 5.56 Å². The smallest absolute Gasteiger partial charge is 0.197 e. The van der Waals surface area contributed by atoms with Crippen molar-refractivity contribution in [3.05, 3.63) is 58.1 Å². The molecule has 0 aliphatic carbocycles. The number of nitrogens with two attached hydrogens (primary N) is 1. The van der Waals surface area contributed by atoms with Gasteiger partial charge in [-0.25, -0.2) is 4.39 Å². The van der Waals surface area contributed by atoms with E-state index in [0.717, 1.165) is 0 Å². The zero-order valence-corrected chi connectivity index (χ0v) is 10.2. The van der Waals surface area contributed by atoms with Crippen molar-refractivity contribution in [3.8, 4) is 0 Å². The monoisotopic (exact) mass is 294 g/mol. The number of nitrogens with zero attached hydrogens (tertiary/aromatic N) is 1. The van der Waals surface area contributed by atoms with Gasteiger partial charge in [0.2, 0.25) is 0 Å². The summed E-state index contributed by atoms with van der Waals surface area (Å²) in [7, 11) is 0. The molecule has 0 atom stereocenters. The maximum Gasteiger partial charge on any atom is 0.197 e. The van der Waals surface area contributed by atoms with Gasteiger partial charge in [-0.1, -0.05) is 15.9 Å². The van der Waals surface area contributed by atoms with Gasteiger partial charge in [0, 0.05) is 28.1 Å². The van der Waals surface area contributed by atoms with Crippen molar-refractivity contribution in [2.75, 3.05) is 5.73 Å². The Hall–Kier alpha value is -1.75. The Bertz CT molecular complexity index is 586. The number of rotatable bonds is 2. The molecule has 0 unspecified atom stereocenters. The zero-order chi connectivity index (χ0) is 12.4. The van der Waals surface area contributed by atoms with E-state index < -0.39 is 5.82 Å². The average molecular weight is 295 g/mol. The Balaban J connectivity index is 2.51. The van der Waals surface area contributed by atoms with Crippen LogP contribution in [0.1, 0.15) is 15.9 Å². The second-order valence-corrected chi connectivity index (χ2v) is 4.27. The second-order valence-electron chi connectivity index (χ2n) is 3.42. The van der Waals surface area contributed by atoms with E-state index in [0.29, 0.717) is 10.2 Å². The van der Waals surface area contributed by atoms with E-state index in [1.165, 1.54) is 36.7 Å². The summed E-state index contributed by atoms with van der Waals surface area (Å²) >= 11 is 3.20. The molecule has 0 aliphatic heterocycles. The van der Waals surface area contributed by atoms with Crippen LogP contribution in [0.3, 0.4) is 0 Å². The third kappa shape index (κ3) is 2.34. The largest absolute Gasteiger partial charge is 0.398 e. The zero-order valence-electron chi connectivity index (χ0n) is 8.65. The van der Waals surface area contributed by atoms with Gasteiger partial charge in [0.1, 0.15) is 5.82 Å². The highest BCUT2D eigenvalue weighted by Gasteiger charge is 2.16. The summed E-state index contributed by atoms with van der Waals surface area (Å²) < 4.78 is 13.6. The van der Waals surface area contributed by atoms with Crippen molar-refractivity contribution >= 4 is 27.4 Å². The summed E-state index contributed by atoms with van der Waals surface area (Å²) in [5.74, 6) is -0.832. The first-order valence-corrected chi connectivity index (χ1v) is 5.58. The fourth-order valence-electron chi connectivity index (χ4n) is 1.41. The molecule has 0 fully saturated rings. The Kier molecular flexibility index (Phi) is 3.19. The van der Waals surface area contributed by atoms with Gasteiger partial charge in [-0.05, 0) is 24.3 Å². The number of carbonyl (C=O) groups is 1. The fraction of sp³-hybridized carbons (Fsp3) is 0. The molecule has 1 aromatic carbocycles. The average Bonchev–Trinajstić information content (AvgIpc) is 2.32. The number of anilines is 1. The number of carbonyl (C=O) groups excluding carboxylic acids is 1. The third-order valence-corrected chi connectivity index (χ3v) is 2.96. The number of hydrogen-bond acceptors (Lipinski definition) is 3. The van der Waals surface area contributed by atoms with Gasteiger partial charge in [-0.2, -0.15) is 0 Å². The Morgan fingerprint density at radius 1 is 1.29 bits per heavy atom. The minimum Gasteiger partial charge on any atom is -0.398 e. The number of pyridine rings is 1. The Labute approximate surface area is 106 Å². The molecule has 2 N–H and O–H groups in total. The van der Waals surface area contributed by atoms with Crippen LogP contribution in [0, 0.1) is 5.82 Å². The predicted molar refractivity (Wildman–Crippen MR) is 66.2 cm³/mol. The van der Waals surface area contributed by atoms with Crippen LogP contribution in [0.2, 0.25) is 0 Å². The Morgan fingerprint density at radius 3 is 2.76 bits per heavy atom. The van der Waals surface area contributed by atoms with Crippen LogP contribution in [0.15, 0.2) is 41.1 Å². The molecule has 0 saturated carbocycles. The topological polar surface area (TPSA) is 56.0 Å². The molecule has 1 aromatic heterocycles. The number of benzene rings is 1. The fourth-order valence-corrected chi connectivity index (χ4v) is 1.84. The van der Waals surface area contributed by atoms with Crippen molar-refractivity contribution in [3.63, 3.8) is 0 Å². The van der Waals surface area contributed by atoms with Crippen molar-refractivity contribution in [1.29, 1.82) is 0 Å². The van der Waals surface area contributed by atoms with Gasteiger partial charge >= 0.3 is 0 Å². The number of hydrogen-bond donors (Lipinski definition) is 1. The van der Waals surface area contributed by atoms with Gasteiger partial charge in [0.25, 0.3) is 0 Å². The first kappa shape index (κ1) is 11.7. The van der Waals surface area contributed by atoms with Crippen molar-refractivity contribution < 1.29 is 9.18 Å². The molecule has 0 radical (unpaired) electrons. The first-order chi connectivity index (χ1) is 8.09. The highest BCUT2D eigenvalue weighted by Crippen LogP contribution is 2.23. The van der Waals surface area contributed by atoms with E-state index in [1.54, 1.807) is 0 Å². The molecule has 0 aliphatic rings. The SMILES string of the molecule is Nc1ccncc1C(=O)c1cc(F)ccc1Br. The van der Waals surface area contributed by atoms with E-state index >= 15 is 0 Å². The molecule has 5 heteroatoms. The molecule has 17 heavy (non-hydrogen) atoms. The number of nitrogen functional groups attached to an aromatic ring is 1. The molecule has 3 nitrogen and oxygen atoms in total.